The molecule has 0 spiro atoms. The molecule has 43 heavy (non-hydrogen) atoms. The molecule has 1 unspecified atom stereocenters. The maximum Gasteiger partial charge on any atom is 0.230 e. The van der Waals surface area contributed by atoms with Crippen LogP contribution in [0.2, 0.25) is 0 Å². The second-order valence-electron chi connectivity index (χ2n) is 9.98. The number of nitrogens with zero attached hydrogens (tertiary/aromatic N) is 1. The first-order valence-corrected chi connectivity index (χ1v) is 14.9. The molecule has 5 rings (SSSR count). The number of carbonyl (C=O) groups is 1. The third-order valence-corrected chi connectivity index (χ3v) is 7.92. The van der Waals surface area contributed by atoms with Gasteiger partial charge in [-0.15, -0.1) is 11.3 Å². The van der Waals surface area contributed by atoms with Crippen molar-refractivity contribution in [2.75, 3.05) is 19.0 Å². The van der Waals surface area contributed by atoms with Crippen LogP contribution in [0.1, 0.15) is 18.1 Å². The SMILES string of the molecule is COCC(C)NCc1cccc(-c2cc3nccc(Oc4ccc(NC(=S)NC(=O)Cc5ccccc5)cc4F)c3s2)c1. The Balaban J connectivity index is 1.25. The zero-order valence-corrected chi connectivity index (χ0v) is 25.4. The van der Waals surface area contributed by atoms with Crippen molar-refractivity contribution in [1.82, 2.24) is 15.6 Å². The van der Waals surface area contributed by atoms with Crippen molar-refractivity contribution in [1.29, 1.82) is 0 Å². The molecule has 0 aliphatic heterocycles. The zero-order valence-electron chi connectivity index (χ0n) is 23.7. The Morgan fingerprint density at radius 1 is 1.00 bits per heavy atom. The summed E-state index contributed by atoms with van der Waals surface area (Å²) in [5.41, 5.74) is 4.26. The second-order valence-corrected chi connectivity index (χ2v) is 11.4. The number of thiocarbonyl (C=S) groups is 1. The fourth-order valence-corrected chi connectivity index (χ4v) is 5.76. The molecule has 10 heteroatoms. The van der Waals surface area contributed by atoms with Crippen molar-refractivity contribution in [3.05, 3.63) is 108 Å². The number of nitrogens with one attached hydrogen (secondary N) is 3. The minimum atomic E-state index is -0.576. The number of rotatable bonds is 11. The number of ether oxygens (including phenoxy) is 2. The summed E-state index contributed by atoms with van der Waals surface area (Å²) >= 11 is 6.78. The standard InChI is InChI=1S/C33H31FN4O3S2/c1-21(20-40-2)36-19-23-9-6-10-24(15-23)30-18-27-32(43-30)29(13-14-35-27)41-28-12-11-25(17-26(28)34)37-33(42)38-31(39)16-22-7-4-3-5-8-22/h3-15,17-18,21,36H,16,19-20H2,1-2H3,(H2,37,38,39,42). The fourth-order valence-electron chi connectivity index (χ4n) is 4.47. The lowest BCUT2D eigenvalue weighted by molar-refractivity contribution is -0.119. The van der Waals surface area contributed by atoms with Gasteiger partial charge in [-0.3, -0.25) is 9.78 Å². The highest BCUT2D eigenvalue weighted by Crippen LogP contribution is 2.40. The van der Waals surface area contributed by atoms with Gasteiger partial charge in [0.05, 0.1) is 23.2 Å². The number of fused-ring (bicyclic) bond motifs is 1. The smallest absolute Gasteiger partial charge is 0.230 e. The van der Waals surface area contributed by atoms with E-state index >= 15 is 4.39 Å². The van der Waals surface area contributed by atoms with Gasteiger partial charge in [-0.05, 0) is 60.1 Å². The number of hydrogen-bond acceptors (Lipinski definition) is 7. The minimum absolute atomic E-state index is 0.0604. The normalized spacial score (nSPS) is 11.7. The van der Waals surface area contributed by atoms with E-state index in [1.54, 1.807) is 36.8 Å². The molecule has 2 aromatic heterocycles. The Labute approximate surface area is 259 Å². The summed E-state index contributed by atoms with van der Waals surface area (Å²) < 4.78 is 27.1. The van der Waals surface area contributed by atoms with Gasteiger partial charge in [0.2, 0.25) is 5.91 Å². The molecule has 1 atom stereocenters. The van der Waals surface area contributed by atoms with E-state index in [0.717, 1.165) is 38.3 Å². The molecule has 2 heterocycles. The molecule has 0 bridgehead atoms. The van der Waals surface area contributed by atoms with Crippen LogP contribution in [-0.4, -0.2) is 35.8 Å². The predicted molar refractivity (Wildman–Crippen MR) is 174 cm³/mol. The number of amides is 1. The average molecular weight is 615 g/mol. The summed E-state index contributed by atoms with van der Waals surface area (Å²) in [5.74, 6) is -0.268. The lowest BCUT2D eigenvalue weighted by Gasteiger charge is -2.13. The third kappa shape index (κ3) is 8.20. The Morgan fingerprint density at radius 2 is 1.81 bits per heavy atom. The summed E-state index contributed by atoms with van der Waals surface area (Å²) in [7, 11) is 1.70. The van der Waals surface area contributed by atoms with Gasteiger partial charge >= 0.3 is 0 Å². The second kappa shape index (κ2) is 14.3. The summed E-state index contributed by atoms with van der Waals surface area (Å²) in [4.78, 5) is 17.8. The van der Waals surface area contributed by atoms with Crippen molar-refractivity contribution in [3.63, 3.8) is 0 Å². The lowest BCUT2D eigenvalue weighted by atomic mass is 10.1. The van der Waals surface area contributed by atoms with E-state index < -0.39 is 5.82 Å². The van der Waals surface area contributed by atoms with Crippen LogP contribution in [0.25, 0.3) is 20.7 Å². The van der Waals surface area contributed by atoms with Gasteiger partial charge in [-0.1, -0.05) is 48.5 Å². The van der Waals surface area contributed by atoms with Crippen molar-refractivity contribution >= 4 is 50.5 Å². The van der Waals surface area contributed by atoms with Crippen LogP contribution in [0.4, 0.5) is 10.1 Å². The molecule has 0 saturated carbocycles. The van der Waals surface area contributed by atoms with E-state index in [1.165, 1.54) is 12.1 Å². The van der Waals surface area contributed by atoms with Crippen LogP contribution in [0.5, 0.6) is 11.5 Å². The highest BCUT2D eigenvalue weighted by molar-refractivity contribution is 7.80. The fraction of sp³-hybridized carbons (Fsp3) is 0.182. The Bertz CT molecular complexity index is 1730. The van der Waals surface area contributed by atoms with Crippen molar-refractivity contribution in [2.24, 2.45) is 0 Å². The number of carbonyl (C=O) groups excluding carboxylic acids is 1. The lowest BCUT2D eigenvalue weighted by Crippen LogP contribution is -2.35. The van der Waals surface area contributed by atoms with Crippen LogP contribution in [0.15, 0.2) is 91.1 Å². The van der Waals surface area contributed by atoms with Crippen molar-refractivity contribution in [3.8, 4) is 21.9 Å². The van der Waals surface area contributed by atoms with Gasteiger partial charge in [0, 0.05) is 48.6 Å². The predicted octanol–water partition coefficient (Wildman–Crippen LogP) is 7.07. The van der Waals surface area contributed by atoms with Gasteiger partial charge in [0.1, 0.15) is 5.75 Å². The molecule has 7 nitrogen and oxygen atoms in total. The molecule has 5 aromatic rings. The van der Waals surface area contributed by atoms with Crippen LogP contribution in [0, 0.1) is 5.82 Å². The Morgan fingerprint density at radius 3 is 2.60 bits per heavy atom. The summed E-state index contributed by atoms with van der Waals surface area (Å²) in [6.07, 6.45) is 1.83. The molecular formula is C33H31FN4O3S2. The highest BCUT2D eigenvalue weighted by atomic mass is 32.1. The molecule has 0 saturated heterocycles. The number of thiophene rings is 1. The number of methoxy groups -OCH3 is 1. The molecule has 3 aromatic carbocycles. The first-order chi connectivity index (χ1) is 20.9. The maximum absolute atomic E-state index is 15.1. The first kappa shape index (κ1) is 30.2. The van der Waals surface area contributed by atoms with Crippen LogP contribution in [0.3, 0.4) is 0 Å². The van der Waals surface area contributed by atoms with Gasteiger partial charge in [0.25, 0.3) is 0 Å². The summed E-state index contributed by atoms with van der Waals surface area (Å²) in [6.45, 7) is 3.46. The largest absolute Gasteiger partial charge is 0.453 e. The first-order valence-electron chi connectivity index (χ1n) is 13.7. The molecular weight excluding hydrogens is 584 g/mol. The topological polar surface area (TPSA) is 84.5 Å². The molecule has 0 aliphatic rings. The zero-order chi connectivity index (χ0) is 30.2. The number of halogens is 1. The molecule has 0 aliphatic carbocycles. The van der Waals surface area contributed by atoms with E-state index in [2.05, 4.69) is 46.1 Å². The minimum Gasteiger partial charge on any atom is -0.453 e. The number of aromatic nitrogens is 1. The van der Waals surface area contributed by atoms with E-state index in [-0.39, 0.29) is 29.2 Å². The quantitative estimate of drug-likeness (QED) is 0.137. The van der Waals surface area contributed by atoms with E-state index in [9.17, 15) is 4.79 Å². The Hall–Kier alpha value is -4.22. The molecule has 220 valence electrons. The molecule has 0 fully saturated rings. The van der Waals surface area contributed by atoms with E-state index in [4.69, 9.17) is 21.7 Å². The maximum atomic E-state index is 15.1. The molecule has 1 amide bonds. The van der Waals surface area contributed by atoms with Crippen molar-refractivity contribution in [2.45, 2.75) is 25.9 Å². The van der Waals surface area contributed by atoms with Gasteiger partial charge in [0.15, 0.2) is 16.7 Å². The van der Waals surface area contributed by atoms with E-state index in [1.807, 2.05) is 42.5 Å². The number of hydrogen-bond donors (Lipinski definition) is 3. The van der Waals surface area contributed by atoms with Crippen molar-refractivity contribution < 1.29 is 18.7 Å². The van der Waals surface area contributed by atoms with Crippen LogP contribution < -0.4 is 20.7 Å². The monoisotopic (exact) mass is 614 g/mol. The van der Waals surface area contributed by atoms with E-state index in [0.29, 0.717) is 18.0 Å². The molecule has 0 radical (unpaired) electrons. The molecule has 3 N–H and O–H groups in total. The third-order valence-electron chi connectivity index (χ3n) is 6.53. The number of anilines is 1. The van der Waals surface area contributed by atoms with Gasteiger partial charge in [-0.25, -0.2) is 4.39 Å². The van der Waals surface area contributed by atoms with Crippen LogP contribution in [-0.2, 0) is 22.5 Å². The van der Waals surface area contributed by atoms with Gasteiger partial charge in [-0.2, -0.15) is 0 Å². The Kier molecular flexibility index (Phi) is 10.1. The summed E-state index contributed by atoms with van der Waals surface area (Å²) in [6, 6.07) is 26.1. The number of benzene rings is 3. The van der Waals surface area contributed by atoms with Gasteiger partial charge < -0.3 is 25.4 Å². The number of pyridine rings is 1. The van der Waals surface area contributed by atoms with Crippen LogP contribution >= 0.6 is 23.6 Å². The summed E-state index contributed by atoms with van der Waals surface area (Å²) in [5, 5.41) is 9.02. The average Bonchev–Trinajstić information content (AvgIpc) is 3.44. The highest BCUT2D eigenvalue weighted by Gasteiger charge is 2.14.